The molecule has 2 N–H and O–H groups in total. The van der Waals surface area contributed by atoms with E-state index >= 15 is 0 Å². The molecule has 84 valence electrons. The molecule has 0 aliphatic heterocycles. The van der Waals surface area contributed by atoms with Crippen LogP contribution in [-0.4, -0.2) is 12.6 Å². The van der Waals surface area contributed by atoms with Gasteiger partial charge in [0.05, 0.1) is 6.10 Å². The molecular formula is C12H18FNO. The topological polar surface area (TPSA) is 35.2 Å². The first-order chi connectivity index (χ1) is 7.04. The van der Waals surface area contributed by atoms with Gasteiger partial charge in [-0.3, -0.25) is 0 Å². The molecular weight excluding hydrogens is 193 g/mol. The van der Waals surface area contributed by atoms with E-state index in [1.165, 1.54) is 6.07 Å². The molecule has 2 nitrogen and oxygen atoms in total. The van der Waals surface area contributed by atoms with Gasteiger partial charge in [0.2, 0.25) is 0 Å². The third-order valence-corrected chi connectivity index (χ3v) is 2.03. The van der Waals surface area contributed by atoms with E-state index in [1.807, 2.05) is 26.8 Å². The van der Waals surface area contributed by atoms with Crippen LogP contribution in [0.25, 0.3) is 0 Å². The number of hydrogen-bond donors (Lipinski definition) is 1. The third-order valence-electron chi connectivity index (χ3n) is 2.03. The van der Waals surface area contributed by atoms with Crippen molar-refractivity contribution in [2.24, 2.45) is 5.73 Å². The molecule has 0 atom stereocenters. The van der Waals surface area contributed by atoms with Crippen LogP contribution in [0.2, 0.25) is 0 Å². The van der Waals surface area contributed by atoms with E-state index in [9.17, 15) is 4.39 Å². The molecule has 15 heavy (non-hydrogen) atoms. The molecule has 0 bridgehead atoms. The van der Waals surface area contributed by atoms with Crippen molar-refractivity contribution in [3.63, 3.8) is 0 Å². The summed E-state index contributed by atoms with van der Waals surface area (Å²) in [6.45, 7) is 6.12. The Balaban J connectivity index is 3.08. The molecule has 0 fully saturated rings. The van der Waals surface area contributed by atoms with Crippen LogP contribution in [0.3, 0.4) is 0 Å². The first kappa shape index (κ1) is 12.0. The highest BCUT2D eigenvalue weighted by Gasteiger charge is 2.12. The maximum atomic E-state index is 13.6. The van der Waals surface area contributed by atoms with E-state index in [4.69, 9.17) is 10.5 Å². The summed E-state index contributed by atoms with van der Waals surface area (Å²) in [5.74, 6) is 0.0493. The summed E-state index contributed by atoms with van der Waals surface area (Å²) in [5, 5.41) is 0. The predicted molar refractivity (Wildman–Crippen MR) is 59.7 cm³/mol. The van der Waals surface area contributed by atoms with Gasteiger partial charge in [-0.2, -0.15) is 0 Å². The Bertz CT molecular complexity index is 337. The second-order valence-corrected chi connectivity index (χ2v) is 3.94. The average molecular weight is 211 g/mol. The molecule has 0 amide bonds. The number of aryl methyl sites for hydroxylation is 1. The van der Waals surface area contributed by atoms with Crippen LogP contribution < -0.4 is 10.5 Å². The Kier molecular flexibility index (Phi) is 4.09. The van der Waals surface area contributed by atoms with Crippen molar-refractivity contribution in [1.82, 2.24) is 0 Å². The monoisotopic (exact) mass is 211 g/mol. The molecule has 3 heteroatoms. The van der Waals surface area contributed by atoms with Crippen molar-refractivity contribution in [3.8, 4) is 5.75 Å². The zero-order valence-corrected chi connectivity index (χ0v) is 9.51. The van der Waals surface area contributed by atoms with Crippen LogP contribution in [0, 0.1) is 12.7 Å². The van der Waals surface area contributed by atoms with E-state index in [0.717, 1.165) is 11.1 Å². The summed E-state index contributed by atoms with van der Waals surface area (Å²) in [5.41, 5.74) is 7.23. The van der Waals surface area contributed by atoms with Crippen LogP contribution in [0.15, 0.2) is 12.1 Å². The lowest BCUT2D eigenvalue weighted by Crippen LogP contribution is -2.11. The largest absolute Gasteiger partial charge is 0.488 e. The maximum absolute atomic E-state index is 13.6. The Labute approximate surface area is 90.2 Å². The number of benzene rings is 1. The fraction of sp³-hybridized carbons (Fsp3) is 0.500. The van der Waals surface area contributed by atoms with Gasteiger partial charge >= 0.3 is 0 Å². The van der Waals surface area contributed by atoms with Gasteiger partial charge in [-0.25, -0.2) is 4.39 Å². The van der Waals surface area contributed by atoms with Crippen LogP contribution in [-0.2, 0) is 6.42 Å². The first-order valence-corrected chi connectivity index (χ1v) is 5.20. The molecule has 1 aromatic carbocycles. The van der Waals surface area contributed by atoms with Crippen LogP contribution in [0.1, 0.15) is 25.0 Å². The van der Waals surface area contributed by atoms with Gasteiger partial charge in [0.1, 0.15) is 0 Å². The molecule has 0 unspecified atom stereocenters. The van der Waals surface area contributed by atoms with Gasteiger partial charge in [0.15, 0.2) is 11.6 Å². The lowest BCUT2D eigenvalue weighted by atomic mass is 10.1. The van der Waals surface area contributed by atoms with E-state index in [0.29, 0.717) is 18.7 Å². The SMILES string of the molecule is Cc1cc(F)c(OC(C)C)c(CCN)c1. The Morgan fingerprint density at radius 1 is 1.40 bits per heavy atom. The molecule has 0 aliphatic rings. The minimum atomic E-state index is -0.299. The number of hydrogen-bond acceptors (Lipinski definition) is 2. The van der Waals surface area contributed by atoms with Crippen molar-refractivity contribution >= 4 is 0 Å². The van der Waals surface area contributed by atoms with Crippen LogP contribution >= 0.6 is 0 Å². The highest BCUT2D eigenvalue weighted by Crippen LogP contribution is 2.25. The highest BCUT2D eigenvalue weighted by molar-refractivity contribution is 5.38. The molecule has 1 aromatic rings. The zero-order chi connectivity index (χ0) is 11.4. The lowest BCUT2D eigenvalue weighted by Gasteiger charge is -2.15. The van der Waals surface area contributed by atoms with Crippen molar-refractivity contribution in [2.75, 3.05) is 6.54 Å². The van der Waals surface area contributed by atoms with E-state index in [1.54, 1.807) is 0 Å². The fourth-order valence-corrected chi connectivity index (χ4v) is 1.51. The van der Waals surface area contributed by atoms with Crippen molar-refractivity contribution in [3.05, 3.63) is 29.1 Å². The number of rotatable bonds is 4. The summed E-state index contributed by atoms with van der Waals surface area (Å²) < 4.78 is 19.1. The number of nitrogens with two attached hydrogens (primary N) is 1. The Morgan fingerprint density at radius 3 is 2.60 bits per heavy atom. The standard InChI is InChI=1S/C12H18FNO/c1-8(2)15-12-10(4-5-14)6-9(3)7-11(12)13/h6-8H,4-5,14H2,1-3H3. The van der Waals surface area contributed by atoms with E-state index in [2.05, 4.69) is 0 Å². The maximum Gasteiger partial charge on any atom is 0.165 e. The second kappa shape index (κ2) is 5.12. The number of ether oxygens (including phenoxy) is 1. The molecule has 0 saturated carbocycles. The quantitative estimate of drug-likeness (QED) is 0.830. The second-order valence-electron chi connectivity index (χ2n) is 3.94. The van der Waals surface area contributed by atoms with Crippen molar-refractivity contribution in [2.45, 2.75) is 33.3 Å². The average Bonchev–Trinajstić information content (AvgIpc) is 2.11. The summed E-state index contributed by atoms with van der Waals surface area (Å²) >= 11 is 0. The summed E-state index contributed by atoms with van der Waals surface area (Å²) in [4.78, 5) is 0. The molecule has 0 radical (unpaired) electrons. The third kappa shape index (κ3) is 3.20. The number of halogens is 1. The van der Waals surface area contributed by atoms with Crippen molar-refractivity contribution < 1.29 is 9.13 Å². The van der Waals surface area contributed by atoms with E-state index < -0.39 is 0 Å². The molecule has 0 aromatic heterocycles. The van der Waals surface area contributed by atoms with Gasteiger partial charge in [0, 0.05) is 0 Å². The summed E-state index contributed by atoms with van der Waals surface area (Å²) in [7, 11) is 0. The fourth-order valence-electron chi connectivity index (χ4n) is 1.51. The van der Waals surface area contributed by atoms with Gasteiger partial charge in [0.25, 0.3) is 0 Å². The highest BCUT2D eigenvalue weighted by atomic mass is 19.1. The van der Waals surface area contributed by atoms with Crippen molar-refractivity contribution in [1.29, 1.82) is 0 Å². The molecule has 1 rings (SSSR count). The molecule has 0 heterocycles. The molecule has 0 aliphatic carbocycles. The Morgan fingerprint density at radius 2 is 2.07 bits per heavy atom. The molecule has 0 spiro atoms. The Hall–Kier alpha value is -1.09. The van der Waals surface area contributed by atoms with Gasteiger partial charge in [-0.15, -0.1) is 0 Å². The minimum absolute atomic E-state index is 0.0290. The normalized spacial score (nSPS) is 10.8. The smallest absolute Gasteiger partial charge is 0.165 e. The summed E-state index contributed by atoms with van der Waals surface area (Å²) in [6.07, 6.45) is 0.611. The zero-order valence-electron chi connectivity index (χ0n) is 9.51. The van der Waals surface area contributed by atoms with Crippen LogP contribution in [0.5, 0.6) is 5.75 Å². The first-order valence-electron chi connectivity index (χ1n) is 5.20. The lowest BCUT2D eigenvalue weighted by molar-refractivity contribution is 0.228. The summed E-state index contributed by atoms with van der Waals surface area (Å²) in [6, 6.07) is 3.41. The van der Waals surface area contributed by atoms with Crippen LogP contribution in [0.4, 0.5) is 4.39 Å². The van der Waals surface area contributed by atoms with E-state index in [-0.39, 0.29) is 11.9 Å². The van der Waals surface area contributed by atoms with Gasteiger partial charge in [-0.1, -0.05) is 6.07 Å². The van der Waals surface area contributed by atoms with Gasteiger partial charge in [-0.05, 0) is 50.9 Å². The van der Waals surface area contributed by atoms with Gasteiger partial charge < -0.3 is 10.5 Å². The minimum Gasteiger partial charge on any atom is -0.488 e. The molecule has 0 saturated heterocycles. The predicted octanol–water partition coefficient (Wildman–Crippen LogP) is 2.42.